The predicted octanol–water partition coefficient (Wildman–Crippen LogP) is 3.46. The minimum Gasteiger partial charge on any atom is -0.493 e. The highest BCUT2D eigenvalue weighted by atomic mass is 19.1. The van der Waals surface area contributed by atoms with Crippen LogP contribution in [-0.2, 0) is 11.2 Å². The Morgan fingerprint density at radius 1 is 1.04 bits per heavy atom. The fraction of sp³-hybridized carbons (Fsp3) is 0.381. The van der Waals surface area contributed by atoms with E-state index in [9.17, 15) is 9.18 Å². The van der Waals surface area contributed by atoms with Crippen molar-refractivity contribution in [3.8, 4) is 17.2 Å². The van der Waals surface area contributed by atoms with Crippen LogP contribution in [0.5, 0.6) is 17.2 Å². The van der Waals surface area contributed by atoms with Crippen molar-refractivity contribution >= 4 is 5.91 Å². The number of likely N-dealkylation sites (tertiary alicyclic amines) is 1. The first-order valence-electron chi connectivity index (χ1n) is 9.00. The first-order valence-corrected chi connectivity index (χ1v) is 9.00. The van der Waals surface area contributed by atoms with Crippen LogP contribution in [0.3, 0.4) is 0 Å². The molecule has 1 heterocycles. The molecule has 0 saturated carbocycles. The third-order valence-corrected chi connectivity index (χ3v) is 4.71. The van der Waals surface area contributed by atoms with E-state index < -0.39 is 0 Å². The van der Waals surface area contributed by atoms with Gasteiger partial charge in [0.2, 0.25) is 5.91 Å². The van der Waals surface area contributed by atoms with E-state index in [1.54, 1.807) is 26.4 Å². The van der Waals surface area contributed by atoms with Crippen molar-refractivity contribution in [2.75, 3.05) is 27.3 Å². The number of hydrogen-bond donors (Lipinski definition) is 0. The zero-order chi connectivity index (χ0) is 19.2. The molecule has 0 N–H and O–H groups in total. The molecule has 144 valence electrons. The average molecular weight is 373 g/mol. The maximum absolute atomic E-state index is 13.0. The second-order valence-electron chi connectivity index (χ2n) is 6.52. The molecule has 27 heavy (non-hydrogen) atoms. The molecular weight excluding hydrogens is 349 g/mol. The molecular formula is C21H24FNO4. The molecule has 1 aliphatic heterocycles. The summed E-state index contributed by atoms with van der Waals surface area (Å²) < 4.78 is 29.4. The number of nitrogens with zero attached hydrogens (tertiary/aromatic N) is 1. The van der Waals surface area contributed by atoms with Crippen molar-refractivity contribution < 1.29 is 23.4 Å². The minimum absolute atomic E-state index is 0.0422. The van der Waals surface area contributed by atoms with Gasteiger partial charge in [0.1, 0.15) is 17.7 Å². The first kappa shape index (κ1) is 19.0. The lowest BCUT2D eigenvalue weighted by Gasteiger charge is -2.32. The van der Waals surface area contributed by atoms with Gasteiger partial charge in [0, 0.05) is 25.9 Å². The SMILES string of the molecule is COc1ccc(CC(=O)N2CCC(Oc3ccc(F)cc3)CC2)cc1OC. The lowest BCUT2D eigenvalue weighted by Crippen LogP contribution is -2.42. The topological polar surface area (TPSA) is 48.0 Å². The van der Waals surface area contributed by atoms with Gasteiger partial charge in [-0.3, -0.25) is 4.79 Å². The lowest BCUT2D eigenvalue weighted by molar-refractivity contribution is -0.132. The van der Waals surface area contributed by atoms with Crippen LogP contribution < -0.4 is 14.2 Å². The standard InChI is InChI=1S/C21H24FNO4/c1-25-19-8-3-15(13-20(19)26-2)14-21(24)23-11-9-18(10-12-23)27-17-6-4-16(22)5-7-17/h3-8,13,18H,9-12,14H2,1-2H3. The van der Waals surface area contributed by atoms with E-state index in [4.69, 9.17) is 14.2 Å². The number of benzene rings is 2. The molecule has 1 aliphatic rings. The van der Waals surface area contributed by atoms with Gasteiger partial charge in [0.25, 0.3) is 0 Å². The summed E-state index contributed by atoms with van der Waals surface area (Å²) in [5.74, 6) is 1.73. The summed E-state index contributed by atoms with van der Waals surface area (Å²) in [4.78, 5) is 14.5. The largest absolute Gasteiger partial charge is 0.493 e. The number of rotatable bonds is 6. The highest BCUT2D eigenvalue weighted by Gasteiger charge is 2.24. The summed E-state index contributed by atoms with van der Waals surface area (Å²) in [6.45, 7) is 1.30. The molecule has 0 unspecified atom stereocenters. The van der Waals surface area contributed by atoms with E-state index in [1.807, 2.05) is 23.1 Å². The monoisotopic (exact) mass is 373 g/mol. The third-order valence-electron chi connectivity index (χ3n) is 4.71. The third kappa shape index (κ3) is 4.90. The summed E-state index contributed by atoms with van der Waals surface area (Å²) in [6, 6.07) is 11.6. The summed E-state index contributed by atoms with van der Waals surface area (Å²) in [5.41, 5.74) is 0.891. The number of ether oxygens (including phenoxy) is 3. The predicted molar refractivity (Wildman–Crippen MR) is 99.9 cm³/mol. The van der Waals surface area contributed by atoms with Crippen molar-refractivity contribution in [2.24, 2.45) is 0 Å². The molecule has 0 bridgehead atoms. The van der Waals surface area contributed by atoms with Crippen LogP contribution in [0.15, 0.2) is 42.5 Å². The van der Waals surface area contributed by atoms with Gasteiger partial charge in [-0.05, 0) is 42.0 Å². The van der Waals surface area contributed by atoms with E-state index >= 15 is 0 Å². The number of amides is 1. The molecule has 0 atom stereocenters. The van der Waals surface area contributed by atoms with Crippen molar-refractivity contribution in [3.63, 3.8) is 0 Å². The molecule has 0 aliphatic carbocycles. The van der Waals surface area contributed by atoms with Crippen molar-refractivity contribution in [1.82, 2.24) is 4.90 Å². The Bertz CT molecular complexity index is 770. The molecule has 2 aromatic rings. The number of halogens is 1. The second kappa shape index (κ2) is 8.75. The van der Waals surface area contributed by atoms with Crippen LogP contribution in [-0.4, -0.2) is 44.2 Å². The molecule has 1 saturated heterocycles. The molecule has 3 rings (SSSR count). The van der Waals surface area contributed by atoms with Crippen molar-refractivity contribution in [1.29, 1.82) is 0 Å². The van der Waals surface area contributed by atoms with Gasteiger partial charge in [-0.1, -0.05) is 6.07 Å². The molecule has 6 heteroatoms. The summed E-state index contributed by atoms with van der Waals surface area (Å²) in [5, 5.41) is 0. The molecule has 2 aromatic carbocycles. The normalized spacial score (nSPS) is 14.7. The zero-order valence-corrected chi connectivity index (χ0v) is 15.6. The van der Waals surface area contributed by atoms with E-state index in [2.05, 4.69) is 0 Å². The smallest absolute Gasteiger partial charge is 0.226 e. The van der Waals surface area contributed by atoms with Crippen LogP contribution in [0.1, 0.15) is 18.4 Å². The van der Waals surface area contributed by atoms with Gasteiger partial charge in [0.15, 0.2) is 11.5 Å². The Balaban J connectivity index is 1.51. The molecule has 0 aromatic heterocycles. The molecule has 0 spiro atoms. The zero-order valence-electron chi connectivity index (χ0n) is 15.6. The Kier molecular flexibility index (Phi) is 6.16. The maximum atomic E-state index is 13.0. The molecule has 1 fully saturated rings. The highest BCUT2D eigenvalue weighted by molar-refractivity contribution is 5.79. The average Bonchev–Trinajstić information content (AvgIpc) is 2.70. The van der Waals surface area contributed by atoms with Gasteiger partial charge in [-0.15, -0.1) is 0 Å². The van der Waals surface area contributed by atoms with E-state index in [0.29, 0.717) is 36.8 Å². The maximum Gasteiger partial charge on any atom is 0.226 e. The molecule has 5 nitrogen and oxygen atoms in total. The number of hydrogen-bond acceptors (Lipinski definition) is 4. The molecule has 1 amide bonds. The Morgan fingerprint density at radius 3 is 2.33 bits per heavy atom. The van der Waals surface area contributed by atoms with E-state index in [-0.39, 0.29) is 17.8 Å². The van der Waals surface area contributed by atoms with Crippen LogP contribution in [0.2, 0.25) is 0 Å². The fourth-order valence-electron chi connectivity index (χ4n) is 3.21. The Morgan fingerprint density at radius 2 is 1.70 bits per heavy atom. The van der Waals surface area contributed by atoms with Crippen LogP contribution >= 0.6 is 0 Å². The van der Waals surface area contributed by atoms with Gasteiger partial charge in [0.05, 0.1) is 20.6 Å². The summed E-state index contributed by atoms with van der Waals surface area (Å²) >= 11 is 0. The quantitative estimate of drug-likeness (QED) is 0.778. The molecule has 0 radical (unpaired) electrons. The fourth-order valence-corrected chi connectivity index (χ4v) is 3.21. The van der Waals surface area contributed by atoms with Gasteiger partial charge in [-0.25, -0.2) is 4.39 Å². The van der Waals surface area contributed by atoms with Gasteiger partial charge in [-0.2, -0.15) is 0 Å². The van der Waals surface area contributed by atoms with E-state index in [0.717, 1.165) is 18.4 Å². The minimum atomic E-state index is -0.280. The number of carbonyl (C=O) groups is 1. The van der Waals surface area contributed by atoms with Crippen molar-refractivity contribution in [2.45, 2.75) is 25.4 Å². The van der Waals surface area contributed by atoms with E-state index in [1.165, 1.54) is 12.1 Å². The van der Waals surface area contributed by atoms with Crippen LogP contribution in [0.25, 0.3) is 0 Å². The van der Waals surface area contributed by atoms with Crippen molar-refractivity contribution in [3.05, 3.63) is 53.8 Å². The van der Waals surface area contributed by atoms with Gasteiger partial charge >= 0.3 is 0 Å². The first-order chi connectivity index (χ1) is 13.1. The van der Waals surface area contributed by atoms with Crippen LogP contribution in [0, 0.1) is 5.82 Å². The highest BCUT2D eigenvalue weighted by Crippen LogP contribution is 2.28. The van der Waals surface area contributed by atoms with Crippen LogP contribution in [0.4, 0.5) is 4.39 Å². The number of piperidine rings is 1. The Hall–Kier alpha value is -2.76. The summed E-state index contributed by atoms with van der Waals surface area (Å²) in [6.07, 6.45) is 1.88. The summed E-state index contributed by atoms with van der Waals surface area (Å²) in [7, 11) is 3.16. The number of carbonyl (C=O) groups excluding carboxylic acids is 1. The van der Waals surface area contributed by atoms with Gasteiger partial charge < -0.3 is 19.1 Å². The number of methoxy groups -OCH3 is 2. The Labute approximate surface area is 158 Å². The lowest BCUT2D eigenvalue weighted by atomic mass is 10.1. The second-order valence-corrected chi connectivity index (χ2v) is 6.52.